The van der Waals surface area contributed by atoms with Crippen LogP contribution in [0.5, 0.6) is 0 Å². The molecule has 0 bridgehead atoms. The van der Waals surface area contributed by atoms with Crippen molar-refractivity contribution in [2.75, 3.05) is 0 Å². The van der Waals surface area contributed by atoms with Crippen molar-refractivity contribution in [1.82, 2.24) is 9.80 Å². The van der Waals surface area contributed by atoms with Crippen molar-refractivity contribution in [1.29, 1.82) is 0 Å². The van der Waals surface area contributed by atoms with Crippen LogP contribution in [0.25, 0.3) is 0 Å². The van der Waals surface area contributed by atoms with Gasteiger partial charge in [-0.25, -0.2) is 0 Å². The number of hydrogen-bond acceptors (Lipinski definition) is 3. The predicted octanol–water partition coefficient (Wildman–Crippen LogP) is 1.83. The fraction of sp³-hybridized carbons (Fsp3) is 0.667. The molecule has 0 saturated heterocycles. The molecule has 0 aromatic carbocycles. The number of rotatable bonds is 0. The van der Waals surface area contributed by atoms with Gasteiger partial charge in [0.15, 0.2) is 0 Å². The first-order valence-corrected chi connectivity index (χ1v) is 6.87. The summed E-state index contributed by atoms with van der Waals surface area (Å²) in [4.78, 5) is 39.9. The quantitative estimate of drug-likeness (QED) is 0.635. The van der Waals surface area contributed by atoms with Gasteiger partial charge in [0.25, 0.3) is 5.91 Å². The van der Waals surface area contributed by atoms with E-state index in [1.165, 1.54) is 4.90 Å². The van der Waals surface area contributed by atoms with Crippen LogP contribution in [-0.2, 0) is 14.4 Å². The highest BCUT2D eigenvalue weighted by atomic mass is 16.2. The van der Waals surface area contributed by atoms with E-state index in [0.29, 0.717) is 11.3 Å². The van der Waals surface area contributed by atoms with E-state index in [9.17, 15) is 14.4 Å². The molecule has 5 heteroatoms. The van der Waals surface area contributed by atoms with E-state index in [1.807, 2.05) is 41.5 Å². The first-order valence-electron chi connectivity index (χ1n) is 6.87. The Labute approximate surface area is 119 Å². The zero-order chi connectivity index (χ0) is 15.5. The molecule has 110 valence electrons. The van der Waals surface area contributed by atoms with Gasteiger partial charge in [0, 0.05) is 11.1 Å². The lowest BCUT2D eigenvalue weighted by atomic mass is 9.96. The maximum Gasteiger partial charge on any atom is 0.277 e. The molecule has 20 heavy (non-hydrogen) atoms. The Morgan fingerprint density at radius 1 is 0.750 bits per heavy atom. The summed E-state index contributed by atoms with van der Waals surface area (Å²) in [6.45, 7) is 11.2. The molecule has 0 saturated carbocycles. The highest BCUT2D eigenvalue weighted by molar-refractivity contribution is 6.13. The van der Waals surface area contributed by atoms with Crippen LogP contribution in [0.15, 0.2) is 11.3 Å². The first-order chi connectivity index (χ1) is 8.94. The van der Waals surface area contributed by atoms with Gasteiger partial charge in [-0.15, -0.1) is 0 Å². The van der Waals surface area contributed by atoms with Crippen molar-refractivity contribution in [2.24, 2.45) is 0 Å². The van der Waals surface area contributed by atoms with Crippen LogP contribution in [0, 0.1) is 0 Å². The highest BCUT2D eigenvalue weighted by Crippen LogP contribution is 2.38. The third-order valence-electron chi connectivity index (χ3n) is 3.53. The smallest absolute Gasteiger partial charge is 0.277 e. The van der Waals surface area contributed by atoms with Crippen LogP contribution in [0.4, 0.5) is 0 Å². The van der Waals surface area contributed by atoms with Crippen molar-refractivity contribution in [2.45, 2.75) is 65.5 Å². The predicted molar refractivity (Wildman–Crippen MR) is 74.5 cm³/mol. The van der Waals surface area contributed by atoms with Gasteiger partial charge >= 0.3 is 0 Å². The third-order valence-corrected chi connectivity index (χ3v) is 3.53. The molecule has 0 radical (unpaired) electrons. The van der Waals surface area contributed by atoms with Gasteiger partial charge in [0.2, 0.25) is 11.8 Å². The van der Waals surface area contributed by atoms with E-state index in [2.05, 4.69) is 0 Å². The van der Waals surface area contributed by atoms with Crippen LogP contribution < -0.4 is 0 Å². The molecule has 0 aromatic rings. The Kier molecular flexibility index (Phi) is 3.08. The molecule has 0 aromatic heterocycles. The molecule has 3 amide bonds. The summed E-state index contributed by atoms with van der Waals surface area (Å²) in [6.07, 6.45) is 0.346. The summed E-state index contributed by atoms with van der Waals surface area (Å²) >= 11 is 0. The summed E-state index contributed by atoms with van der Waals surface area (Å²) in [5.74, 6) is -0.659. The number of hydrogen-bond donors (Lipinski definition) is 0. The molecule has 0 spiro atoms. The average molecular weight is 278 g/mol. The van der Waals surface area contributed by atoms with Gasteiger partial charge in [0.05, 0.1) is 12.8 Å². The van der Waals surface area contributed by atoms with Gasteiger partial charge < -0.3 is 4.90 Å². The number of amides is 3. The fourth-order valence-corrected chi connectivity index (χ4v) is 2.89. The fourth-order valence-electron chi connectivity index (χ4n) is 2.89. The Morgan fingerprint density at radius 2 is 1.15 bits per heavy atom. The highest BCUT2D eigenvalue weighted by Gasteiger charge is 2.48. The molecular formula is C15H22N2O3. The van der Waals surface area contributed by atoms with Crippen molar-refractivity contribution in [3.05, 3.63) is 11.3 Å². The topological polar surface area (TPSA) is 57.7 Å². The Bertz CT molecular complexity index is 532. The zero-order valence-electron chi connectivity index (χ0n) is 13.0. The van der Waals surface area contributed by atoms with E-state index < -0.39 is 11.1 Å². The zero-order valence-corrected chi connectivity index (χ0v) is 13.0. The summed E-state index contributed by atoms with van der Waals surface area (Å²) < 4.78 is 0. The van der Waals surface area contributed by atoms with Crippen LogP contribution in [-0.4, -0.2) is 38.6 Å². The maximum atomic E-state index is 12.7. The summed E-state index contributed by atoms with van der Waals surface area (Å²) in [7, 11) is 0. The van der Waals surface area contributed by atoms with E-state index >= 15 is 0 Å². The number of imide groups is 1. The lowest BCUT2D eigenvalue weighted by Gasteiger charge is -2.41. The van der Waals surface area contributed by atoms with E-state index in [-0.39, 0.29) is 30.6 Å². The van der Waals surface area contributed by atoms with E-state index in [4.69, 9.17) is 0 Å². The molecule has 2 heterocycles. The molecule has 0 N–H and O–H groups in total. The second kappa shape index (κ2) is 4.17. The van der Waals surface area contributed by atoms with Crippen LogP contribution >= 0.6 is 0 Å². The van der Waals surface area contributed by atoms with Crippen LogP contribution in [0.2, 0.25) is 0 Å². The van der Waals surface area contributed by atoms with Gasteiger partial charge in [-0.1, -0.05) is 0 Å². The molecule has 2 aliphatic heterocycles. The Hall–Kier alpha value is -1.65. The normalized spacial score (nSPS) is 21.0. The number of nitrogens with zero attached hydrogens (tertiary/aromatic N) is 2. The molecule has 5 nitrogen and oxygen atoms in total. The summed E-state index contributed by atoms with van der Waals surface area (Å²) in [6, 6.07) is 0. The minimum atomic E-state index is -0.581. The molecule has 0 aliphatic carbocycles. The second-order valence-electron chi connectivity index (χ2n) is 7.41. The Balaban J connectivity index is 2.52. The Morgan fingerprint density at radius 3 is 1.55 bits per heavy atom. The van der Waals surface area contributed by atoms with Crippen LogP contribution in [0.1, 0.15) is 54.4 Å². The van der Waals surface area contributed by atoms with Gasteiger partial charge in [0.1, 0.15) is 5.70 Å². The minimum absolute atomic E-state index is 0.0978. The number of carbonyl (C=O) groups is 3. The van der Waals surface area contributed by atoms with Crippen molar-refractivity contribution in [3.8, 4) is 0 Å². The van der Waals surface area contributed by atoms with Crippen molar-refractivity contribution < 1.29 is 14.4 Å². The molecule has 2 rings (SSSR count). The van der Waals surface area contributed by atoms with Gasteiger partial charge in [-0.05, 0) is 47.1 Å². The number of carbonyl (C=O) groups excluding carboxylic acids is 3. The molecule has 0 atom stereocenters. The van der Waals surface area contributed by atoms with Crippen LogP contribution in [0.3, 0.4) is 0 Å². The summed E-state index contributed by atoms with van der Waals surface area (Å²) in [5.41, 5.74) is 0.0350. The third kappa shape index (κ3) is 2.15. The maximum absolute atomic E-state index is 12.7. The molecular weight excluding hydrogens is 256 g/mol. The largest absolute Gasteiger partial charge is 0.302 e. The first kappa shape index (κ1) is 14.8. The standard InChI is InChI=1S/C15H22N2O3/c1-14(2,3)16-10(18)7-9-8-11(19)17(15(4,5)6)13(20)12(9)16/h7-8H2,1-6H3. The van der Waals surface area contributed by atoms with Gasteiger partial charge in [-0.3, -0.25) is 19.3 Å². The SMILES string of the molecule is CC(C)(C)N1C(=O)CC2=C(C1=O)N(C(C)(C)C)C(=O)C2. The van der Waals surface area contributed by atoms with Gasteiger partial charge in [-0.2, -0.15) is 0 Å². The van der Waals surface area contributed by atoms with E-state index in [1.54, 1.807) is 4.90 Å². The lowest BCUT2D eigenvalue weighted by Crippen LogP contribution is -2.55. The second-order valence-corrected chi connectivity index (χ2v) is 7.41. The molecule has 0 fully saturated rings. The van der Waals surface area contributed by atoms with Crippen molar-refractivity contribution >= 4 is 17.7 Å². The summed E-state index contributed by atoms with van der Waals surface area (Å²) in [5, 5.41) is 0. The molecule has 0 unspecified atom stereocenters. The van der Waals surface area contributed by atoms with Crippen molar-refractivity contribution in [3.63, 3.8) is 0 Å². The van der Waals surface area contributed by atoms with E-state index in [0.717, 1.165) is 0 Å². The lowest BCUT2D eigenvalue weighted by molar-refractivity contribution is -0.151. The molecule has 2 aliphatic rings. The monoisotopic (exact) mass is 278 g/mol. The minimum Gasteiger partial charge on any atom is -0.302 e. The average Bonchev–Trinajstić information content (AvgIpc) is 2.51.